The van der Waals surface area contributed by atoms with Gasteiger partial charge in [-0.1, -0.05) is 12.8 Å². The van der Waals surface area contributed by atoms with Gasteiger partial charge in [0.25, 0.3) is 0 Å². The van der Waals surface area contributed by atoms with Crippen molar-refractivity contribution in [2.24, 2.45) is 0 Å². The number of anilines is 1. The Bertz CT molecular complexity index is 729. The molecule has 2 aliphatic heterocycles. The number of hydrogen-bond donors (Lipinski definition) is 0. The van der Waals surface area contributed by atoms with E-state index in [1.54, 1.807) is 0 Å². The Morgan fingerprint density at radius 3 is 2.48 bits per heavy atom. The summed E-state index contributed by atoms with van der Waals surface area (Å²) in [5.74, 6) is 2.72. The highest BCUT2D eigenvalue weighted by Crippen LogP contribution is 2.38. The van der Waals surface area contributed by atoms with Crippen molar-refractivity contribution >= 4 is 11.5 Å². The van der Waals surface area contributed by atoms with Gasteiger partial charge < -0.3 is 4.90 Å². The third-order valence-corrected chi connectivity index (χ3v) is 6.09. The molecule has 2 saturated heterocycles. The minimum atomic E-state index is 0.573. The Morgan fingerprint density at radius 2 is 1.68 bits per heavy atom. The van der Waals surface area contributed by atoms with Gasteiger partial charge >= 0.3 is 0 Å². The Hall–Kier alpha value is -1.69. The van der Waals surface area contributed by atoms with Crippen molar-refractivity contribution in [3.05, 3.63) is 18.0 Å². The molecule has 25 heavy (non-hydrogen) atoms. The molecule has 1 unspecified atom stereocenters. The minimum Gasteiger partial charge on any atom is -0.354 e. The van der Waals surface area contributed by atoms with Crippen LogP contribution in [0.2, 0.25) is 0 Å². The van der Waals surface area contributed by atoms with E-state index in [1.165, 1.54) is 64.5 Å². The molecule has 3 aliphatic rings. The van der Waals surface area contributed by atoms with Crippen molar-refractivity contribution in [1.82, 2.24) is 24.7 Å². The standard InChI is InChI=1S/C19H28N6/c1-2-4-12-23(11-3-1)16-6-5-13-24(14-16)18-10-9-17-20-21-19(15-7-8-15)25(17)22-18/h9-10,15-16H,1-8,11-14H2. The van der Waals surface area contributed by atoms with E-state index >= 15 is 0 Å². The van der Waals surface area contributed by atoms with Crippen molar-refractivity contribution in [2.75, 3.05) is 31.1 Å². The summed E-state index contributed by atoms with van der Waals surface area (Å²) in [5, 5.41) is 13.6. The average molecular weight is 340 g/mol. The van der Waals surface area contributed by atoms with Crippen LogP contribution in [0, 0.1) is 0 Å². The molecular formula is C19H28N6. The summed E-state index contributed by atoms with van der Waals surface area (Å²) in [6.45, 7) is 4.79. The van der Waals surface area contributed by atoms with E-state index in [0.717, 1.165) is 30.4 Å². The summed E-state index contributed by atoms with van der Waals surface area (Å²) in [7, 11) is 0. The zero-order chi connectivity index (χ0) is 16.6. The highest BCUT2D eigenvalue weighted by Gasteiger charge is 2.30. The van der Waals surface area contributed by atoms with Crippen molar-refractivity contribution in [3.63, 3.8) is 0 Å². The molecule has 0 amide bonds. The predicted octanol–water partition coefficient (Wildman–Crippen LogP) is 2.85. The number of piperidine rings is 1. The van der Waals surface area contributed by atoms with Crippen molar-refractivity contribution in [1.29, 1.82) is 0 Å². The van der Waals surface area contributed by atoms with Gasteiger partial charge in [0, 0.05) is 25.0 Å². The zero-order valence-corrected chi connectivity index (χ0v) is 15.0. The molecule has 4 heterocycles. The van der Waals surface area contributed by atoms with Crippen LogP contribution in [0.5, 0.6) is 0 Å². The lowest BCUT2D eigenvalue weighted by molar-refractivity contribution is 0.181. The number of rotatable bonds is 3. The maximum Gasteiger partial charge on any atom is 0.178 e. The first-order valence-electron chi connectivity index (χ1n) is 10.1. The summed E-state index contributed by atoms with van der Waals surface area (Å²) in [4.78, 5) is 5.22. The molecule has 6 heteroatoms. The number of hydrogen-bond acceptors (Lipinski definition) is 5. The highest BCUT2D eigenvalue weighted by molar-refractivity contribution is 5.46. The molecule has 1 aliphatic carbocycles. The fourth-order valence-electron chi connectivity index (χ4n) is 4.48. The molecule has 0 radical (unpaired) electrons. The van der Waals surface area contributed by atoms with E-state index in [4.69, 9.17) is 5.10 Å². The maximum atomic E-state index is 4.92. The quantitative estimate of drug-likeness (QED) is 0.860. The van der Waals surface area contributed by atoms with Crippen LogP contribution in [0.4, 0.5) is 5.82 Å². The largest absolute Gasteiger partial charge is 0.354 e. The molecule has 0 N–H and O–H groups in total. The summed E-state index contributed by atoms with van der Waals surface area (Å²) < 4.78 is 1.99. The molecule has 134 valence electrons. The van der Waals surface area contributed by atoms with Crippen LogP contribution in [0.15, 0.2) is 12.1 Å². The van der Waals surface area contributed by atoms with Gasteiger partial charge in [-0.15, -0.1) is 15.3 Å². The van der Waals surface area contributed by atoms with Gasteiger partial charge in [-0.2, -0.15) is 4.52 Å². The molecule has 5 rings (SSSR count). The van der Waals surface area contributed by atoms with Crippen molar-refractivity contribution < 1.29 is 0 Å². The van der Waals surface area contributed by atoms with Gasteiger partial charge in [0.05, 0.1) is 0 Å². The van der Waals surface area contributed by atoms with Crippen molar-refractivity contribution in [2.45, 2.75) is 63.3 Å². The van der Waals surface area contributed by atoms with Gasteiger partial charge in [0.2, 0.25) is 0 Å². The van der Waals surface area contributed by atoms with Crippen LogP contribution in [-0.2, 0) is 0 Å². The van der Waals surface area contributed by atoms with Gasteiger partial charge in [0.15, 0.2) is 11.5 Å². The smallest absolute Gasteiger partial charge is 0.178 e. The lowest BCUT2D eigenvalue weighted by Crippen LogP contribution is -2.48. The maximum absolute atomic E-state index is 4.92. The van der Waals surface area contributed by atoms with Gasteiger partial charge in [-0.3, -0.25) is 4.90 Å². The monoisotopic (exact) mass is 340 g/mol. The second-order valence-corrected chi connectivity index (χ2v) is 7.99. The third-order valence-electron chi connectivity index (χ3n) is 6.09. The molecule has 2 aromatic heterocycles. The van der Waals surface area contributed by atoms with Crippen LogP contribution < -0.4 is 4.90 Å². The van der Waals surface area contributed by atoms with Crippen LogP contribution in [0.25, 0.3) is 5.65 Å². The Kier molecular flexibility index (Phi) is 4.08. The first kappa shape index (κ1) is 15.6. The summed E-state index contributed by atoms with van der Waals surface area (Å²) >= 11 is 0. The highest BCUT2D eigenvalue weighted by atomic mass is 15.4. The molecule has 1 saturated carbocycles. The molecule has 0 spiro atoms. The van der Waals surface area contributed by atoms with Crippen LogP contribution in [-0.4, -0.2) is 56.9 Å². The topological polar surface area (TPSA) is 49.6 Å². The minimum absolute atomic E-state index is 0.573. The van der Waals surface area contributed by atoms with Crippen LogP contribution >= 0.6 is 0 Å². The molecule has 0 bridgehead atoms. The number of fused-ring (bicyclic) bond motifs is 1. The lowest BCUT2D eigenvalue weighted by atomic mass is 10.0. The molecule has 0 aromatic carbocycles. The average Bonchev–Trinajstić information content (AvgIpc) is 3.46. The number of nitrogens with zero attached hydrogens (tertiary/aromatic N) is 6. The van der Waals surface area contributed by atoms with E-state index < -0.39 is 0 Å². The van der Waals surface area contributed by atoms with E-state index in [1.807, 2.05) is 4.52 Å². The molecule has 2 aromatic rings. The van der Waals surface area contributed by atoms with E-state index in [9.17, 15) is 0 Å². The van der Waals surface area contributed by atoms with E-state index in [2.05, 4.69) is 32.1 Å². The molecular weight excluding hydrogens is 312 g/mol. The Morgan fingerprint density at radius 1 is 0.840 bits per heavy atom. The first-order valence-corrected chi connectivity index (χ1v) is 10.1. The number of aromatic nitrogens is 4. The van der Waals surface area contributed by atoms with Gasteiger partial charge in [-0.25, -0.2) is 0 Å². The predicted molar refractivity (Wildman–Crippen MR) is 98.0 cm³/mol. The summed E-state index contributed by atoms with van der Waals surface area (Å²) in [6.07, 6.45) is 10.6. The van der Waals surface area contributed by atoms with Crippen LogP contribution in [0.3, 0.4) is 0 Å². The molecule has 1 atom stereocenters. The third kappa shape index (κ3) is 3.12. The Balaban J connectivity index is 1.36. The molecule has 3 fully saturated rings. The summed E-state index contributed by atoms with van der Waals surface area (Å²) in [5.41, 5.74) is 0.881. The second-order valence-electron chi connectivity index (χ2n) is 7.99. The molecule has 6 nitrogen and oxygen atoms in total. The zero-order valence-electron chi connectivity index (χ0n) is 15.0. The normalized spacial score (nSPS) is 26.1. The Labute approximate surface area is 149 Å². The van der Waals surface area contributed by atoms with Crippen LogP contribution in [0.1, 0.15) is 63.1 Å². The van der Waals surface area contributed by atoms with Gasteiger partial charge in [0.1, 0.15) is 5.82 Å². The fourth-order valence-corrected chi connectivity index (χ4v) is 4.48. The fraction of sp³-hybridized carbons (Fsp3) is 0.737. The van der Waals surface area contributed by atoms with Gasteiger partial charge in [-0.05, 0) is 63.7 Å². The van der Waals surface area contributed by atoms with E-state index in [-0.39, 0.29) is 0 Å². The summed E-state index contributed by atoms with van der Waals surface area (Å²) in [6, 6.07) is 4.90. The van der Waals surface area contributed by atoms with E-state index in [0.29, 0.717) is 12.0 Å². The van der Waals surface area contributed by atoms with Crippen molar-refractivity contribution in [3.8, 4) is 0 Å². The second kappa shape index (κ2) is 6.56. The SMILES string of the molecule is c1cc2nnc(C3CC3)n2nc1N1CCCC(N2CCCCCC2)C1. The first-order chi connectivity index (χ1) is 12.4. The lowest BCUT2D eigenvalue weighted by Gasteiger charge is -2.39. The number of likely N-dealkylation sites (tertiary alicyclic amines) is 1.